The standard InChI is InChI=1S/C13H18ClN3O3/c1-3-20-12(19)6-8-17(2)9-11(18)16-10-5-4-7-15-13(10)14/h4-5,7H,3,6,8-9H2,1-2H3,(H,16,18). The van der Waals surface area contributed by atoms with Gasteiger partial charge in [-0.25, -0.2) is 4.98 Å². The molecule has 0 atom stereocenters. The number of amides is 1. The second-order valence-electron chi connectivity index (χ2n) is 4.18. The molecular formula is C13H18ClN3O3. The van der Waals surface area contributed by atoms with E-state index in [9.17, 15) is 9.59 Å². The number of aromatic nitrogens is 1. The SMILES string of the molecule is CCOC(=O)CCN(C)CC(=O)Nc1cccnc1Cl. The first kappa shape index (κ1) is 16.4. The minimum absolute atomic E-state index is 0.157. The lowest BCUT2D eigenvalue weighted by molar-refractivity contribution is -0.143. The fourth-order valence-electron chi connectivity index (χ4n) is 1.51. The number of ether oxygens (including phenoxy) is 1. The van der Waals surface area contributed by atoms with Crippen LogP contribution in [0.3, 0.4) is 0 Å². The first-order valence-electron chi connectivity index (χ1n) is 6.27. The molecule has 1 aromatic heterocycles. The molecule has 0 spiro atoms. The number of nitrogens with zero attached hydrogens (tertiary/aromatic N) is 2. The van der Waals surface area contributed by atoms with E-state index in [4.69, 9.17) is 16.3 Å². The van der Waals surface area contributed by atoms with E-state index in [0.29, 0.717) is 18.8 Å². The van der Waals surface area contributed by atoms with Crippen LogP contribution in [-0.2, 0) is 14.3 Å². The van der Waals surface area contributed by atoms with Gasteiger partial charge in [-0.2, -0.15) is 0 Å². The third-order valence-corrected chi connectivity index (χ3v) is 2.75. The van der Waals surface area contributed by atoms with Crippen LogP contribution in [0.4, 0.5) is 5.69 Å². The molecule has 0 saturated heterocycles. The van der Waals surface area contributed by atoms with Crippen molar-refractivity contribution in [2.24, 2.45) is 0 Å². The Bertz CT molecular complexity index is 468. The van der Waals surface area contributed by atoms with Crippen molar-refractivity contribution < 1.29 is 14.3 Å². The molecule has 1 heterocycles. The summed E-state index contributed by atoms with van der Waals surface area (Å²) < 4.78 is 4.82. The first-order chi connectivity index (χ1) is 9.52. The van der Waals surface area contributed by atoms with Crippen molar-refractivity contribution >= 4 is 29.2 Å². The Balaban J connectivity index is 2.35. The van der Waals surface area contributed by atoms with Crippen molar-refractivity contribution in [3.05, 3.63) is 23.5 Å². The summed E-state index contributed by atoms with van der Waals surface area (Å²) in [5.41, 5.74) is 0.470. The molecular weight excluding hydrogens is 282 g/mol. The molecule has 0 unspecified atom stereocenters. The van der Waals surface area contributed by atoms with Gasteiger partial charge < -0.3 is 10.1 Å². The van der Waals surface area contributed by atoms with Crippen LogP contribution in [0.1, 0.15) is 13.3 Å². The zero-order valence-corrected chi connectivity index (χ0v) is 12.3. The number of likely N-dealkylation sites (N-methyl/N-ethyl adjacent to an activating group) is 1. The predicted molar refractivity (Wildman–Crippen MR) is 76.6 cm³/mol. The largest absolute Gasteiger partial charge is 0.466 e. The van der Waals surface area contributed by atoms with Crippen molar-refractivity contribution in [1.82, 2.24) is 9.88 Å². The molecule has 0 aliphatic heterocycles. The second-order valence-corrected chi connectivity index (χ2v) is 4.54. The Kier molecular flexibility index (Phi) is 6.97. The highest BCUT2D eigenvalue weighted by molar-refractivity contribution is 6.32. The Morgan fingerprint density at radius 3 is 2.90 bits per heavy atom. The van der Waals surface area contributed by atoms with Crippen LogP contribution in [0, 0.1) is 0 Å². The number of carbonyl (C=O) groups excluding carboxylic acids is 2. The van der Waals surface area contributed by atoms with Gasteiger partial charge in [-0.1, -0.05) is 11.6 Å². The predicted octanol–water partition coefficient (Wildman–Crippen LogP) is 1.56. The Morgan fingerprint density at radius 2 is 2.25 bits per heavy atom. The quantitative estimate of drug-likeness (QED) is 0.611. The molecule has 110 valence electrons. The van der Waals surface area contributed by atoms with Gasteiger partial charge in [0, 0.05) is 12.7 Å². The summed E-state index contributed by atoms with van der Waals surface area (Å²) in [5.74, 6) is -0.485. The molecule has 0 aliphatic carbocycles. The van der Waals surface area contributed by atoms with Gasteiger partial charge in [0.25, 0.3) is 0 Å². The van der Waals surface area contributed by atoms with Gasteiger partial charge >= 0.3 is 5.97 Å². The van der Waals surface area contributed by atoms with Crippen molar-refractivity contribution in [2.45, 2.75) is 13.3 Å². The third kappa shape index (κ3) is 5.99. The van der Waals surface area contributed by atoms with Gasteiger partial charge in [0.15, 0.2) is 5.15 Å². The van der Waals surface area contributed by atoms with Crippen molar-refractivity contribution in [3.63, 3.8) is 0 Å². The summed E-state index contributed by atoms with van der Waals surface area (Å²) in [5, 5.41) is 2.91. The maximum atomic E-state index is 11.8. The molecule has 20 heavy (non-hydrogen) atoms. The number of hydrogen-bond acceptors (Lipinski definition) is 5. The molecule has 1 N–H and O–H groups in total. The van der Waals surface area contributed by atoms with Gasteiger partial charge in [-0.3, -0.25) is 14.5 Å². The highest BCUT2D eigenvalue weighted by atomic mass is 35.5. The summed E-state index contributed by atoms with van der Waals surface area (Å²) in [7, 11) is 1.75. The topological polar surface area (TPSA) is 71.5 Å². The summed E-state index contributed by atoms with van der Waals surface area (Å²) in [6.45, 7) is 2.73. The Morgan fingerprint density at radius 1 is 1.50 bits per heavy atom. The lowest BCUT2D eigenvalue weighted by Crippen LogP contribution is -2.32. The maximum absolute atomic E-state index is 11.8. The molecule has 1 rings (SSSR count). The molecule has 0 radical (unpaired) electrons. The zero-order valence-electron chi connectivity index (χ0n) is 11.6. The molecule has 0 bridgehead atoms. The number of rotatable bonds is 7. The van der Waals surface area contributed by atoms with E-state index in [1.807, 2.05) is 0 Å². The lowest BCUT2D eigenvalue weighted by Gasteiger charge is -2.15. The molecule has 0 aromatic carbocycles. The number of carbonyl (C=O) groups is 2. The van der Waals surface area contributed by atoms with Crippen molar-refractivity contribution in [2.75, 3.05) is 32.1 Å². The van der Waals surface area contributed by atoms with Crippen LogP contribution < -0.4 is 5.32 Å². The smallest absolute Gasteiger partial charge is 0.307 e. The molecule has 0 aliphatic rings. The van der Waals surface area contributed by atoms with Crippen molar-refractivity contribution in [3.8, 4) is 0 Å². The Labute approximate surface area is 123 Å². The van der Waals surface area contributed by atoms with E-state index >= 15 is 0 Å². The van der Waals surface area contributed by atoms with E-state index in [0.717, 1.165) is 0 Å². The first-order valence-corrected chi connectivity index (χ1v) is 6.65. The summed E-state index contributed by atoms with van der Waals surface area (Å²) in [6, 6.07) is 3.36. The highest BCUT2D eigenvalue weighted by Gasteiger charge is 2.11. The fourth-order valence-corrected chi connectivity index (χ4v) is 1.68. The summed E-state index contributed by atoms with van der Waals surface area (Å²) in [4.78, 5) is 28.6. The minimum atomic E-state index is -0.268. The number of nitrogens with one attached hydrogen (secondary N) is 1. The van der Waals surface area contributed by atoms with Crippen molar-refractivity contribution in [1.29, 1.82) is 0 Å². The molecule has 0 fully saturated rings. The van der Waals surface area contributed by atoms with Crippen LogP contribution in [0.25, 0.3) is 0 Å². The normalized spacial score (nSPS) is 10.4. The number of esters is 1. The number of pyridine rings is 1. The maximum Gasteiger partial charge on any atom is 0.307 e. The van der Waals surface area contributed by atoms with E-state index in [1.54, 1.807) is 37.2 Å². The van der Waals surface area contributed by atoms with E-state index in [1.165, 1.54) is 0 Å². The fraction of sp³-hybridized carbons (Fsp3) is 0.462. The number of hydrogen-bond donors (Lipinski definition) is 1. The van der Waals surface area contributed by atoms with Crippen LogP contribution in [0.5, 0.6) is 0 Å². The van der Waals surface area contributed by atoms with Gasteiger partial charge in [0.1, 0.15) is 0 Å². The average molecular weight is 300 g/mol. The minimum Gasteiger partial charge on any atom is -0.466 e. The summed E-state index contributed by atoms with van der Waals surface area (Å²) >= 11 is 5.84. The monoisotopic (exact) mass is 299 g/mol. The number of anilines is 1. The molecule has 1 aromatic rings. The van der Waals surface area contributed by atoms with Crippen LogP contribution in [-0.4, -0.2) is 48.5 Å². The molecule has 1 amide bonds. The van der Waals surface area contributed by atoms with Gasteiger partial charge in [-0.15, -0.1) is 0 Å². The molecule has 7 heteroatoms. The average Bonchev–Trinajstić information content (AvgIpc) is 2.39. The molecule has 6 nitrogen and oxygen atoms in total. The van der Waals surface area contributed by atoms with Crippen LogP contribution >= 0.6 is 11.6 Å². The van der Waals surface area contributed by atoms with E-state index in [-0.39, 0.29) is 30.0 Å². The van der Waals surface area contributed by atoms with Crippen LogP contribution in [0.15, 0.2) is 18.3 Å². The number of halogens is 1. The van der Waals surface area contributed by atoms with Crippen LogP contribution in [0.2, 0.25) is 5.15 Å². The lowest BCUT2D eigenvalue weighted by atomic mass is 10.3. The highest BCUT2D eigenvalue weighted by Crippen LogP contribution is 2.17. The van der Waals surface area contributed by atoms with Gasteiger partial charge in [0.05, 0.1) is 25.3 Å². The third-order valence-electron chi connectivity index (χ3n) is 2.45. The zero-order chi connectivity index (χ0) is 15.0. The second kappa shape index (κ2) is 8.50. The summed E-state index contributed by atoms with van der Waals surface area (Å²) in [6.07, 6.45) is 1.80. The van der Waals surface area contributed by atoms with Gasteiger partial charge in [0.2, 0.25) is 5.91 Å². The van der Waals surface area contributed by atoms with Gasteiger partial charge in [-0.05, 0) is 26.1 Å². The van der Waals surface area contributed by atoms with E-state index in [2.05, 4.69) is 10.3 Å². The molecule has 0 saturated carbocycles. The Hall–Kier alpha value is -1.66. The van der Waals surface area contributed by atoms with E-state index < -0.39 is 0 Å².